The Morgan fingerprint density at radius 2 is 1.92 bits per heavy atom. The van der Waals surface area contributed by atoms with E-state index >= 15 is 0 Å². The number of hydrogen-bond donors (Lipinski definition) is 1. The summed E-state index contributed by atoms with van der Waals surface area (Å²) in [6.45, 7) is 8.14. The lowest BCUT2D eigenvalue weighted by molar-refractivity contribution is -0.0423. The van der Waals surface area contributed by atoms with Crippen molar-refractivity contribution in [3.63, 3.8) is 0 Å². The van der Waals surface area contributed by atoms with Gasteiger partial charge in [-0.15, -0.1) is 0 Å². The van der Waals surface area contributed by atoms with Crippen molar-refractivity contribution < 1.29 is 9.39 Å². The highest BCUT2D eigenvalue weighted by Crippen LogP contribution is 2.15. The van der Waals surface area contributed by atoms with Gasteiger partial charge in [-0.1, -0.05) is 13.8 Å². The lowest BCUT2D eigenvalue weighted by atomic mass is 9.50. The first-order valence-electron chi connectivity index (χ1n) is 4.03. The summed E-state index contributed by atoms with van der Waals surface area (Å²) >= 11 is 2.12. The average molecular weight is 294 g/mol. The Balaban J connectivity index is 4.00. The lowest BCUT2D eigenvalue weighted by Gasteiger charge is -2.32. The maximum atomic E-state index is 5.37. The Morgan fingerprint density at radius 3 is 2.31 bits per heavy atom. The number of rotatable bonds is 6. The van der Waals surface area contributed by atoms with E-state index in [1.807, 2.05) is 13.8 Å². The largest absolute Gasteiger partial charge is 0.427 e. The fraction of sp³-hybridized carbons (Fsp3) is 1.00. The average Bonchev–Trinajstić information content (AvgIpc) is 1.99. The Hall–Kier alpha value is 0.740. The van der Waals surface area contributed by atoms with E-state index in [1.165, 1.54) is 0 Å². The SMILES string of the molecule is [B]OCOC(C)(C)[B]C(C)(C)NI. The van der Waals surface area contributed by atoms with E-state index in [0.29, 0.717) is 0 Å². The van der Waals surface area contributed by atoms with Crippen molar-refractivity contribution in [3.05, 3.63) is 0 Å². The van der Waals surface area contributed by atoms with E-state index in [2.05, 4.69) is 52.2 Å². The molecule has 0 heterocycles. The highest BCUT2D eigenvalue weighted by molar-refractivity contribution is 14.1. The van der Waals surface area contributed by atoms with E-state index in [-0.39, 0.29) is 17.7 Å². The maximum absolute atomic E-state index is 5.37. The third kappa shape index (κ3) is 6.76. The summed E-state index contributed by atoms with van der Waals surface area (Å²) in [7, 11) is 6.94. The molecule has 0 spiro atoms. The Kier molecular flexibility index (Phi) is 5.90. The van der Waals surface area contributed by atoms with Gasteiger partial charge in [0.05, 0.1) is 0 Å². The molecule has 0 atom stereocenters. The summed E-state index contributed by atoms with van der Waals surface area (Å²) in [5, 5.41) is 0. The summed E-state index contributed by atoms with van der Waals surface area (Å²) in [4.78, 5) is 0. The van der Waals surface area contributed by atoms with Gasteiger partial charge in [-0.3, -0.25) is 3.53 Å². The molecule has 0 saturated carbocycles. The second kappa shape index (κ2) is 5.58. The normalized spacial score (nSPS) is 13.0. The highest BCUT2D eigenvalue weighted by atomic mass is 127. The third-order valence-electron chi connectivity index (χ3n) is 1.45. The lowest BCUT2D eigenvalue weighted by Crippen LogP contribution is -2.50. The van der Waals surface area contributed by atoms with E-state index < -0.39 is 0 Å². The van der Waals surface area contributed by atoms with Crippen LogP contribution >= 0.6 is 22.9 Å². The van der Waals surface area contributed by atoms with Crippen LogP contribution in [0.2, 0.25) is 0 Å². The molecule has 0 aromatic carbocycles. The molecule has 0 bridgehead atoms. The van der Waals surface area contributed by atoms with E-state index in [9.17, 15) is 0 Å². The molecule has 73 valence electrons. The highest BCUT2D eigenvalue weighted by Gasteiger charge is 2.30. The van der Waals surface area contributed by atoms with Gasteiger partial charge in [0.15, 0.2) is 7.28 Å². The predicted molar refractivity (Wildman–Crippen MR) is 63.9 cm³/mol. The zero-order chi connectivity index (χ0) is 10.5. The third-order valence-corrected chi connectivity index (χ3v) is 2.84. The van der Waals surface area contributed by atoms with Gasteiger partial charge < -0.3 is 9.39 Å². The van der Waals surface area contributed by atoms with Crippen molar-refractivity contribution in [2.45, 2.75) is 38.6 Å². The smallest absolute Gasteiger partial charge is 0.285 e. The van der Waals surface area contributed by atoms with Crippen molar-refractivity contribution in [1.82, 2.24) is 3.53 Å². The Labute approximate surface area is 96.5 Å². The Bertz CT molecular complexity index is 155. The van der Waals surface area contributed by atoms with Crippen LogP contribution in [0.1, 0.15) is 27.7 Å². The topological polar surface area (TPSA) is 30.5 Å². The second-order valence-electron chi connectivity index (χ2n) is 3.99. The van der Waals surface area contributed by atoms with Crippen LogP contribution in [-0.4, -0.2) is 33.1 Å². The van der Waals surface area contributed by atoms with Gasteiger partial charge in [0.25, 0.3) is 8.05 Å². The van der Waals surface area contributed by atoms with Crippen LogP contribution in [0.5, 0.6) is 0 Å². The summed E-state index contributed by atoms with van der Waals surface area (Å²) < 4.78 is 12.9. The van der Waals surface area contributed by atoms with E-state index in [4.69, 9.17) is 12.8 Å². The molecule has 3 nitrogen and oxygen atoms in total. The van der Waals surface area contributed by atoms with Gasteiger partial charge >= 0.3 is 0 Å². The van der Waals surface area contributed by atoms with E-state index in [0.717, 1.165) is 0 Å². The molecule has 0 aliphatic heterocycles. The molecule has 0 aliphatic carbocycles. The summed E-state index contributed by atoms with van der Waals surface area (Å²) in [5.41, 5.74) is -0.445. The van der Waals surface area contributed by atoms with Crippen LogP contribution in [0.3, 0.4) is 0 Å². The molecular weight excluding hydrogens is 279 g/mol. The maximum Gasteiger partial charge on any atom is 0.285 e. The molecule has 1 N–H and O–H groups in total. The van der Waals surface area contributed by atoms with Gasteiger partial charge in [-0.2, -0.15) is 0 Å². The zero-order valence-electron chi connectivity index (χ0n) is 8.56. The fourth-order valence-corrected chi connectivity index (χ4v) is 1.28. The molecule has 13 heavy (non-hydrogen) atoms. The zero-order valence-corrected chi connectivity index (χ0v) is 10.7. The number of hydrogen-bond acceptors (Lipinski definition) is 3. The Morgan fingerprint density at radius 1 is 1.38 bits per heavy atom. The van der Waals surface area contributed by atoms with Crippen LogP contribution in [0.25, 0.3) is 0 Å². The van der Waals surface area contributed by atoms with Crippen LogP contribution in [0.4, 0.5) is 0 Å². The summed E-state index contributed by atoms with van der Waals surface area (Å²) in [6, 6.07) is 0. The van der Waals surface area contributed by atoms with Gasteiger partial charge in [0.2, 0.25) is 0 Å². The first kappa shape index (κ1) is 13.7. The molecule has 0 unspecified atom stereocenters. The van der Waals surface area contributed by atoms with Crippen molar-refractivity contribution in [3.8, 4) is 0 Å². The molecule has 0 saturated heterocycles. The quantitative estimate of drug-likeness (QED) is 0.345. The molecule has 6 heteroatoms. The molecular formula is C7H15B2INO2. The number of halogens is 1. The standard InChI is InChI=1S/C7H15B2INO2/c1-6(2,11-10)9-7(3,4)12-5-13-8/h11H,5H2,1-4H3. The molecule has 0 amide bonds. The first-order valence-corrected chi connectivity index (χ1v) is 5.11. The minimum absolute atomic E-state index is 0.0847. The van der Waals surface area contributed by atoms with Gasteiger partial charge in [-0.25, -0.2) is 0 Å². The van der Waals surface area contributed by atoms with Crippen molar-refractivity contribution in [1.29, 1.82) is 0 Å². The monoisotopic (exact) mass is 294 g/mol. The molecule has 0 aromatic heterocycles. The first-order chi connectivity index (χ1) is 5.83. The second-order valence-corrected chi connectivity index (χ2v) is 4.53. The minimum Gasteiger partial charge on any atom is -0.427 e. The van der Waals surface area contributed by atoms with Gasteiger partial charge in [0, 0.05) is 28.4 Å². The van der Waals surface area contributed by atoms with Crippen LogP contribution in [0, 0.1) is 0 Å². The predicted octanol–water partition coefficient (Wildman–Crippen LogP) is 1.18. The van der Waals surface area contributed by atoms with Crippen LogP contribution in [-0.2, 0) is 9.39 Å². The molecule has 0 fully saturated rings. The number of ether oxygens (including phenoxy) is 1. The van der Waals surface area contributed by atoms with Gasteiger partial charge in [0.1, 0.15) is 6.79 Å². The summed E-state index contributed by atoms with van der Waals surface area (Å²) in [6.07, 6.45) is 0. The van der Waals surface area contributed by atoms with Crippen molar-refractivity contribution in [2.24, 2.45) is 0 Å². The van der Waals surface area contributed by atoms with Crippen molar-refractivity contribution >= 4 is 38.2 Å². The molecule has 0 aromatic rings. The van der Waals surface area contributed by atoms with Gasteiger partial charge in [-0.05, 0) is 19.3 Å². The van der Waals surface area contributed by atoms with Crippen LogP contribution < -0.4 is 3.53 Å². The summed E-state index contributed by atoms with van der Waals surface area (Å²) in [5.74, 6) is 0. The molecule has 3 radical (unpaired) electrons. The minimum atomic E-state index is -0.360. The fourth-order valence-electron chi connectivity index (χ4n) is 1.12. The van der Waals surface area contributed by atoms with E-state index in [1.54, 1.807) is 0 Å². The molecule has 0 aliphatic rings. The number of nitrogens with one attached hydrogen (secondary N) is 1. The molecule has 0 rings (SSSR count). The van der Waals surface area contributed by atoms with Crippen molar-refractivity contribution in [2.75, 3.05) is 6.79 Å². The van der Waals surface area contributed by atoms with Crippen LogP contribution in [0.15, 0.2) is 0 Å².